The molecular weight excluding hydrogens is 428 g/mol. The monoisotopic (exact) mass is 452 g/mol. The Hall–Kier alpha value is -4.46. The third-order valence-corrected chi connectivity index (χ3v) is 6.04. The number of amides is 1. The van der Waals surface area contributed by atoms with Crippen molar-refractivity contribution in [2.24, 2.45) is 0 Å². The number of nitrogens with two attached hydrogens (primary N) is 1. The summed E-state index contributed by atoms with van der Waals surface area (Å²) in [5, 5.41) is 8.72. The number of nitrogens with zero attached hydrogens (tertiary/aromatic N) is 4. The maximum atomic E-state index is 13.8. The van der Waals surface area contributed by atoms with Crippen molar-refractivity contribution in [2.45, 2.75) is 26.3 Å². The van der Waals surface area contributed by atoms with E-state index in [2.05, 4.69) is 15.4 Å². The number of para-hydroxylation sites is 1. The molecule has 0 aliphatic carbocycles. The van der Waals surface area contributed by atoms with Gasteiger partial charge in [-0.05, 0) is 42.5 Å². The maximum absolute atomic E-state index is 13.8. The first-order valence-corrected chi connectivity index (χ1v) is 11.1. The van der Waals surface area contributed by atoms with E-state index in [4.69, 9.17) is 5.73 Å². The summed E-state index contributed by atoms with van der Waals surface area (Å²) in [6.45, 7) is 3.88. The van der Waals surface area contributed by atoms with Crippen molar-refractivity contribution in [1.82, 2.24) is 24.5 Å². The van der Waals surface area contributed by atoms with Crippen LogP contribution in [-0.2, 0) is 6.42 Å². The predicted octanol–water partition coefficient (Wildman–Crippen LogP) is 3.67. The average Bonchev–Trinajstić information content (AvgIpc) is 3.19. The van der Waals surface area contributed by atoms with Crippen LogP contribution in [0.25, 0.3) is 22.0 Å². The second-order valence-corrected chi connectivity index (χ2v) is 8.14. The Morgan fingerprint density at radius 1 is 1.15 bits per heavy atom. The summed E-state index contributed by atoms with van der Waals surface area (Å²) < 4.78 is 3.19. The zero-order valence-electron chi connectivity index (χ0n) is 18.9. The van der Waals surface area contributed by atoms with Gasteiger partial charge in [-0.1, -0.05) is 43.3 Å². The van der Waals surface area contributed by atoms with Crippen LogP contribution in [0.1, 0.15) is 41.5 Å². The number of fused-ring (bicyclic) bond motifs is 2. The Morgan fingerprint density at radius 2 is 1.94 bits per heavy atom. The van der Waals surface area contributed by atoms with E-state index in [1.54, 1.807) is 23.2 Å². The van der Waals surface area contributed by atoms with Gasteiger partial charge in [-0.3, -0.25) is 19.1 Å². The molecule has 0 unspecified atom stereocenters. The number of aryl methyl sites for hydroxylation is 1. The van der Waals surface area contributed by atoms with Crippen LogP contribution in [0.3, 0.4) is 0 Å². The summed E-state index contributed by atoms with van der Waals surface area (Å²) in [6.07, 6.45) is 5.50. The van der Waals surface area contributed by atoms with Gasteiger partial charge in [0.25, 0.3) is 11.5 Å². The smallest absolute Gasteiger partial charge is 0.263 e. The number of carbonyl (C=O) groups is 1. The Morgan fingerprint density at radius 3 is 2.71 bits per heavy atom. The molecule has 3 aromatic heterocycles. The number of hydrogen-bond donors (Lipinski definition) is 2. The van der Waals surface area contributed by atoms with Crippen molar-refractivity contribution in [3.05, 3.63) is 100 Å². The van der Waals surface area contributed by atoms with E-state index >= 15 is 0 Å². The first-order chi connectivity index (χ1) is 16.5. The Labute approximate surface area is 195 Å². The highest BCUT2D eigenvalue weighted by molar-refractivity contribution is 6.05. The summed E-state index contributed by atoms with van der Waals surface area (Å²) in [5.74, 6) is -0.272. The number of aromatic nitrogens is 4. The molecule has 0 aliphatic rings. The first-order valence-electron chi connectivity index (χ1n) is 11.1. The first kappa shape index (κ1) is 21.4. The van der Waals surface area contributed by atoms with E-state index in [0.717, 1.165) is 23.1 Å². The number of carbonyl (C=O) groups excluding carboxylic acids is 1. The molecule has 2 aromatic carbocycles. The highest BCUT2D eigenvalue weighted by Gasteiger charge is 2.23. The SMILES string of the molecule is CCc1cccc2cc([C@H](C)NC(=O)c3c(N)nn4ccncc34)n(-c3ccccc3)c(=O)c12. The topological polar surface area (TPSA) is 107 Å². The lowest BCUT2D eigenvalue weighted by Crippen LogP contribution is -2.32. The largest absolute Gasteiger partial charge is 0.382 e. The number of rotatable bonds is 5. The molecule has 0 saturated carbocycles. The fraction of sp³-hybridized carbons (Fsp3) is 0.154. The minimum atomic E-state index is -0.499. The summed E-state index contributed by atoms with van der Waals surface area (Å²) in [6, 6.07) is 16.8. The van der Waals surface area contributed by atoms with Gasteiger partial charge in [0.2, 0.25) is 0 Å². The lowest BCUT2D eigenvalue weighted by atomic mass is 10.0. The van der Waals surface area contributed by atoms with Crippen molar-refractivity contribution in [3.63, 3.8) is 0 Å². The number of nitrogens with one attached hydrogen (secondary N) is 1. The molecule has 3 N–H and O–H groups in total. The third kappa shape index (κ3) is 3.49. The quantitative estimate of drug-likeness (QED) is 0.423. The Kier molecular flexibility index (Phi) is 5.33. The third-order valence-electron chi connectivity index (χ3n) is 6.04. The van der Waals surface area contributed by atoms with Crippen LogP contribution in [0, 0.1) is 0 Å². The molecule has 3 heterocycles. The molecule has 170 valence electrons. The van der Waals surface area contributed by atoms with Crippen molar-refractivity contribution < 1.29 is 4.79 Å². The molecule has 34 heavy (non-hydrogen) atoms. The summed E-state index contributed by atoms with van der Waals surface area (Å²) in [5.41, 5.74) is 9.08. The Bertz CT molecular complexity index is 1590. The molecule has 0 spiro atoms. The van der Waals surface area contributed by atoms with Crippen molar-refractivity contribution >= 4 is 28.0 Å². The number of anilines is 1. The van der Waals surface area contributed by atoms with Crippen LogP contribution in [-0.4, -0.2) is 25.1 Å². The van der Waals surface area contributed by atoms with E-state index in [9.17, 15) is 9.59 Å². The molecule has 0 bridgehead atoms. The molecule has 8 heteroatoms. The fourth-order valence-electron chi connectivity index (χ4n) is 4.40. The summed E-state index contributed by atoms with van der Waals surface area (Å²) >= 11 is 0. The molecule has 0 saturated heterocycles. The van der Waals surface area contributed by atoms with Crippen molar-refractivity contribution in [3.8, 4) is 5.69 Å². The molecule has 1 atom stereocenters. The van der Waals surface area contributed by atoms with Crippen LogP contribution in [0.4, 0.5) is 5.82 Å². The highest BCUT2D eigenvalue weighted by Crippen LogP contribution is 2.25. The maximum Gasteiger partial charge on any atom is 0.263 e. The number of benzene rings is 2. The van der Waals surface area contributed by atoms with Crippen molar-refractivity contribution in [2.75, 3.05) is 5.73 Å². The van der Waals surface area contributed by atoms with E-state index in [0.29, 0.717) is 16.6 Å². The van der Waals surface area contributed by atoms with Gasteiger partial charge in [-0.25, -0.2) is 4.52 Å². The lowest BCUT2D eigenvalue weighted by Gasteiger charge is -2.21. The van der Waals surface area contributed by atoms with Crippen LogP contribution in [0.15, 0.2) is 78.0 Å². The lowest BCUT2D eigenvalue weighted by molar-refractivity contribution is 0.0941. The molecule has 0 radical (unpaired) electrons. The minimum absolute atomic E-state index is 0.114. The normalized spacial score (nSPS) is 12.2. The average molecular weight is 453 g/mol. The van der Waals surface area contributed by atoms with E-state index in [1.807, 2.05) is 68.4 Å². The van der Waals surface area contributed by atoms with Crippen LogP contribution in [0.5, 0.6) is 0 Å². The minimum Gasteiger partial charge on any atom is -0.382 e. The van der Waals surface area contributed by atoms with Gasteiger partial charge in [-0.15, -0.1) is 5.10 Å². The summed E-state index contributed by atoms with van der Waals surface area (Å²) in [7, 11) is 0. The van der Waals surface area contributed by atoms with E-state index in [-0.39, 0.29) is 22.8 Å². The van der Waals surface area contributed by atoms with Gasteiger partial charge in [0.05, 0.1) is 23.1 Å². The molecule has 8 nitrogen and oxygen atoms in total. The Balaban J connectivity index is 1.64. The van der Waals surface area contributed by atoms with Crippen molar-refractivity contribution in [1.29, 1.82) is 0 Å². The zero-order chi connectivity index (χ0) is 23.8. The number of nitrogen functional groups attached to an aromatic ring is 1. The van der Waals surface area contributed by atoms with Gasteiger partial charge in [-0.2, -0.15) is 0 Å². The fourth-order valence-corrected chi connectivity index (χ4v) is 4.40. The van der Waals surface area contributed by atoms with Gasteiger partial charge in [0, 0.05) is 23.8 Å². The second kappa shape index (κ2) is 8.47. The van der Waals surface area contributed by atoms with E-state index in [1.165, 1.54) is 4.52 Å². The second-order valence-electron chi connectivity index (χ2n) is 8.14. The van der Waals surface area contributed by atoms with Crippen LogP contribution >= 0.6 is 0 Å². The molecular formula is C26H24N6O2. The standard InChI is InChI=1S/C26H24N6O2/c1-3-17-8-7-9-18-14-20(32(26(34)22(17)18)19-10-5-4-6-11-19)16(2)29-25(33)23-21-15-28-12-13-31(21)30-24(23)27/h4-16H,3H2,1-2H3,(H2,27,30)(H,29,33)/t16-/m0/s1. The zero-order valence-corrected chi connectivity index (χ0v) is 18.9. The highest BCUT2D eigenvalue weighted by atomic mass is 16.2. The van der Waals surface area contributed by atoms with Gasteiger partial charge in [0.15, 0.2) is 5.82 Å². The number of pyridine rings is 1. The van der Waals surface area contributed by atoms with Crippen LogP contribution < -0.4 is 16.6 Å². The molecule has 1 amide bonds. The van der Waals surface area contributed by atoms with E-state index < -0.39 is 6.04 Å². The van der Waals surface area contributed by atoms with Gasteiger partial charge in [0.1, 0.15) is 5.56 Å². The predicted molar refractivity (Wildman–Crippen MR) is 132 cm³/mol. The number of hydrogen-bond acceptors (Lipinski definition) is 5. The molecule has 0 aliphatic heterocycles. The molecule has 5 aromatic rings. The van der Waals surface area contributed by atoms with Gasteiger partial charge >= 0.3 is 0 Å². The summed E-state index contributed by atoms with van der Waals surface area (Å²) in [4.78, 5) is 31.1. The molecule has 5 rings (SSSR count). The molecule has 0 fully saturated rings. The van der Waals surface area contributed by atoms with Gasteiger partial charge < -0.3 is 11.1 Å². The van der Waals surface area contributed by atoms with Crippen LogP contribution in [0.2, 0.25) is 0 Å².